The molecule has 0 aliphatic rings. The first kappa shape index (κ1) is 13.4. The van der Waals surface area contributed by atoms with Gasteiger partial charge in [0.15, 0.2) is 0 Å². The lowest BCUT2D eigenvalue weighted by atomic mass is 10.2. The van der Waals surface area contributed by atoms with Gasteiger partial charge in [0.2, 0.25) is 0 Å². The molecule has 4 heteroatoms. The molecule has 0 spiro atoms. The summed E-state index contributed by atoms with van der Waals surface area (Å²) in [5, 5.41) is 11.7. The van der Waals surface area contributed by atoms with Crippen LogP contribution in [0, 0.1) is 0 Å². The minimum absolute atomic E-state index is 0.0542. The summed E-state index contributed by atoms with van der Waals surface area (Å²) in [4.78, 5) is 10.6. The molecule has 0 aliphatic heterocycles. The first-order chi connectivity index (χ1) is 7.01. The van der Waals surface area contributed by atoms with E-state index in [2.05, 4.69) is 11.9 Å². The van der Waals surface area contributed by atoms with Gasteiger partial charge in [-0.1, -0.05) is 6.58 Å². The van der Waals surface area contributed by atoms with Crippen molar-refractivity contribution in [2.45, 2.75) is 13.8 Å². The molecule has 2 N–H and O–H groups in total. The van der Waals surface area contributed by atoms with Gasteiger partial charge in [0.05, 0.1) is 6.61 Å². The highest BCUT2D eigenvalue weighted by Gasteiger charge is 2.00. The Hall–Kier alpha value is -1.55. The van der Waals surface area contributed by atoms with E-state index in [4.69, 9.17) is 9.84 Å². The lowest BCUT2D eigenvalue weighted by Crippen LogP contribution is -2.08. The quantitative estimate of drug-likeness (QED) is 0.406. The van der Waals surface area contributed by atoms with Crippen LogP contribution in [0.2, 0.25) is 0 Å². The summed E-state index contributed by atoms with van der Waals surface area (Å²) in [6.45, 7) is 6.66. The van der Waals surface area contributed by atoms with Crippen LogP contribution in [0.5, 0.6) is 0 Å². The Balaban J connectivity index is 4.60. The van der Waals surface area contributed by atoms with Crippen LogP contribution in [0.4, 0.5) is 0 Å². The van der Waals surface area contributed by atoms with Crippen LogP contribution in [0.3, 0.4) is 0 Å². The minimum atomic E-state index is -0.402. The van der Waals surface area contributed by atoms with Gasteiger partial charge in [-0.15, -0.1) is 0 Å². The molecule has 0 atom stereocenters. The number of esters is 1. The van der Waals surface area contributed by atoms with Crippen molar-refractivity contribution in [1.82, 2.24) is 5.32 Å². The first-order valence-corrected chi connectivity index (χ1v) is 4.56. The van der Waals surface area contributed by atoms with E-state index in [9.17, 15) is 4.79 Å². The molecule has 84 valence electrons. The Morgan fingerprint density at radius 1 is 1.53 bits per heavy atom. The number of hydrogen-bond donors (Lipinski definition) is 2. The number of rotatable bonds is 5. The molecular formula is C11H17NO3. The zero-order valence-electron chi connectivity index (χ0n) is 9.33. The number of aliphatic hydroxyl groups is 1. The molecule has 0 radical (unpaired) electrons. The SMILES string of the molecule is C=C(/C=C(C)\C(=C/CO)NC)OC(C)=O. The van der Waals surface area contributed by atoms with Crippen molar-refractivity contribution in [2.24, 2.45) is 0 Å². The van der Waals surface area contributed by atoms with Gasteiger partial charge < -0.3 is 15.2 Å². The number of carbonyl (C=O) groups is 1. The van der Waals surface area contributed by atoms with Crippen molar-refractivity contribution in [3.8, 4) is 0 Å². The normalized spacial score (nSPS) is 12.3. The maximum Gasteiger partial charge on any atom is 0.308 e. The molecule has 4 nitrogen and oxygen atoms in total. The summed E-state index contributed by atoms with van der Waals surface area (Å²) in [5.74, 6) is -0.125. The smallest absolute Gasteiger partial charge is 0.308 e. The molecule has 15 heavy (non-hydrogen) atoms. The molecule has 0 bridgehead atoms. The molecule has 0 unspecified atom stereocenters. The maximum atomic E-state index is 10.6. The van der Waals surface area contributed by atoms with Gasteiger partial charge in [-0.25, -0.2) is 0 Å². The van der Waals surface area contributed by atoms with E-state index in [-0.39, 0.29) is 12.4 Å². The minimum Gasteiger partial charge on any atom is -0.427 e. The van der Waals surface area contributed by atoms with Gasteiger partial charge in [-0.3, -0.25) is 4.79 Å². The van der Waals surface area contributed by atoms with Gasteiger partial charge in [-0.05, 0) is 24.6 Å². The number of hydrogen-bond acceptors (Lipinski definition) is 4. The second kappa shape index (κ2) is 6.84. The second-order valence-electron chi connectivity index (χ2n) is 2.94. The van der Waals surface area contributed by atoms with Crippen LogP contribution >= 0.6 is 0 Å². The predicted octanol–water partition coefficient (Wildman–Crippen LogP) is 1.11. The molecule has 0 aromatic carbocycles. The average Bonchev–Trinajstić information content (AvgIpc) is 2.12. The fourth-order valence-corrected chi connectivity index (χ4v) is 1.08. The van der Waals surface area contributed by atoms with Gasteiger partial charge in [0.1, 0.15) is 5.76 Å². The third kappa shape index (κ3) is 5.70. The van der Waals surface area contributed by atoms with E-state index in [0.717, 1.165) is 11.3 Å². The van der Waals surface area contributed by atoms with Crippen LogP contribution in [0.1, 0.15) is 13.8 Å². The Morgan fingerprint density at radius 2 is 2.13 bits per heavy atom. The monoisotopic (exact) mass is 211 g/mol. The molecule has 0 heterocycles. The van der Waals surface area contributed by atoms with Crippen molar-refractivity contribution in [1.29, 1.82) is 0 Å². The second-order valence-corrected chi connectivity index (χ2v) is 2.94. The van der Waals surface area contributed by atoms with Crippen molar-refractivity contribution < 1.29 is 14.6 Å². The number of nitrogens with one attached hydrogen (secondary N) is 1. The summed E-state index contributed by atoms with van der Waals surface area (Å²) < 4.78 is 4.77. The highest BCUT2D eigenvalue weighted by molar-refractivity contribution is 5.67. The molecule has 0 aliphatic carbocycles. The third-order valence-corrected chi connectivity index (χ3v) is 1.64. The van der Waals surface area contributed by atoms with Gasteiger partial charge >= 0.3 is 5.97 Å². The molecule has 0 aromatic rings. The fraction of sp³-hybridized carbons (Fsp3) is 0.364. The van der Waals surface area contributed by atoms with Crippen molar-refractivity contribution in [3.63, 3.8) is 0 Å². The van der Waals surface area contributed by atoms with Gasteiger partial charge in [0, 0.05) is 19.7 Å². The summed E-state index contributed by atoms with van der Waals surface area (Å²) in [6.07, 6.45) is 3.24. The average molecular weight is 211 g/mol. The topological polar surface area (TPSA) is 58.6 Å². The molecular weight excluding hydrogens is 194 g/mol. The van der Waals surface area contributed by atoms with Crippen LogP contribution in [0.25, 0.3) is 0 Å². The zero-order chi connectivity index (χ0) is 11.8. The number of ether oxygens (including phenoxy) is 1. The molecule has 0 fully saturated rings. The van der Waals surface area contributed by atoms with E-state index < -0.39 is 5.97 Å². The molecule has 0 amide bonds. The molecule has 0 aromatic heterocycles. The van der Waals surface area contributed by atoms with Crippen LogP contribution in [-0.2, 0) is 9.53 Å². The zero-order valence-corrected chi connectivity index (χ0v) is 9.33. The summed E-state index contributed by atoms with van der Waals surface area (Å²) in [6, 6.07) is 0. The van der Waals surface area contributed by atoms with Crippen LogP contribution < -0.4 is 5.32 Å². The Bertz CT molecular complexity index is 303. The van der Waals surface area contributed by atoms with E-state index in [1.807, 2.05) is 6.92 Å². The van der Waals surface area contributed by atoms with Crippen molar-refractivity contribution in [2.75, 3.05) is 13.7 Å². The Morgan fingerprint density at radius 3 is 2.53 bits per heavy atom. The van der Waals surface area contributed by atoms with Crippen LogP contribution in [-0.4, -0.2) is 24.7 Å². The summed E-state index contributed by atoms with van der Waals surface area (Å²) >= 11 is 0. The van der Waals surface area contributed by atoms with E-state index in [1.54, 1.807) is 19.2 Å². The lowest BCUT2D eigenvalue weighted by Gasteiger charge is -2.07. The highest BCUT2D eigenvalue weighted by Crippen LogP contribution is 2.09. The predicted molar refractivity (Wildman–Crippen MR) is 58.9 cm³/mol. The van der Waals surface area contributed by atoms with E-state index in [1.165, 1.54) is 6.92 Å². The largest absolute Gasteiger partial charge is 0.427 e. The van der Waals surface area contributed by atoms with Gasteiger partial charge in [-0.2, -0.15) is 0 Å². The first-order valence-electron chi connectivity index (χ1n) is 4.56. The van der Waals surface area contributed by atoms with E-state index >= 15 is 0 Å². The van der Waals surface area contributed by atoms with E-state index in [0.29, 0.717) is 0 Å². The number of allylic oxidation sites excluding steroid dienone is 2. The fourth-order valence-electron chi connectivity index (χ4n) is 1.08. The highest BCUT2D eigenvalue weighted by atomic mass is 16.5. The van der Waals surface area contributed by atoms with Crippen LogP contribution in [0.15, 0.2) is 35.8 Å². The molecule has 0 saturated carbocycles. The Labute approximate surface area is 89.9 Å². The lowest BCUT2D eigenvalue weighted by molar-refractivity contribution is -0.136. The molecule has 0 saturated heterocycles. The van der Waals surface area contributed by atoms with Crippen molar-refractivity contribution in [3.05, 3.63) is 35.8 Å². The summed E-state index contributed by atoms with van der Waals surface area (Å²) in [7, 11) is 1.74. The number of aliphatic hydroxyl groups excluding tert-OH is 1. The van der Waals surface area contributed by atoms with Crippen molar-refractivity contribution >= 4 is 5.97 Å². The third-order valence-electron chi connectivity index (χ3n) is 1.64. The standard InChI is InChI=1S/C11H17NO3/c1-8(11(12-4)5-6-13)7-9(2)15-10(3)14/h5,7,12-13H,2,6H2,1,3-4H3/b8-7-,11-5+. The molecule has 0 rings (SSSR count). The Kier molecular flexibility index (Phi) is 6.13. The summed E-state index contributed by atoms with van der Waals surface area (Å²) in [5.41, 5.74) is 1.60. The number of carbonyl (C=O) groups excluding carboxylic acids is 1. The van der Waals surface area contributed by atoms with Gasteiger partial charge in [0.25, 0.3) is 0 Å². The number of likely N-dealkylation sites (N-methyl/N-ethyl adjacent to an activating group) is 1. The maximum absolute atomic E-state index is 10.6.